The van der Waals surface area contributed by atoms with Crippen molar-refractivity contribution in [2.75, 3.05) is 54.4 Å². The zero-order valence-electron chi connectivity index (χ0n) is 26.9. The van der Waals surface area contributed by atoms with Crippen LogP contribution in [0.3, 0.4) is 0 Å². The van der Waals surface area contributed by atoms with Crippen LogP contribution < -0.4 is 20.3 Å². The van der Waals surface area contributed by atoms with E-state index in [1.165, 1.54) is 29.3 Å². The van der Waals surface area contributed by atoms with Crippen LogP contribution in [0.1, 0.15) is 30.9 Å². The number of hydrogen-bond acceptors (Lipinski definition) is 7. The third-order valence-corrected chi connectivity index (χ3v) is 11.5. The van der Waals surface area contributed by atoms with Crippen molar-refractivity contribution in [3.63, 3.8) is 0 Å². The highest BCUT2D eigenvalue weighted by Crippen LogP contribution is 2.49. The summed E-state index contributed by atoms with van der Waals surface area (Å²) in [6, 6.07) is 14.3. The van der Waals surface area contributed by atoms with Gasteiger partial charge >= 0.3 is 6.18 Å². The van der Waals surface area contributed by atoms with E-state index in [1.54, 1.807) is 36.4 Å². The summed E-state index contributed by atoms with van der Waals surface area (Å²) < 4.78 is 53.6. The molecule has 11 heteroatoms. The predicted octanol–water partition coefficient (Wildman–Crippen LogP) is 8.43. The zero-order chi connectivity index (χ0) is 33.2. The van der Waals surface area contributed by atoms with Crippen LogP contribution in [0.15, 0.2) is 90.8 Å². The first-order valence-corrected chi connectivity index (χ1v) is 17.9. The largest absolute Gasteiger partial charge is 0.457 e. The number of nitrogens with zero attached hydrogens (tertiary/aromatic N) is 3. The summed E-state index contributed by atoms with van der Waals surface area (Å²) in [5, 5.41) is 8.91. The minimum atomic E-state index is -4.67. The lowest BCUT2D eigenvalue weighted by atomic mass is 9.84. The molecule has 4 heterocycles. The van der Waals surface area contributed by atoms with Gasteiger partial charge in [0.25, 0.3) is 0 Å². The normalized spacial score (nSPS) is 19.0. The van der Waals surface area contributed by atoms with Gasteiger partial charge in [-0.2, -0.15) is 24.9 Å². The van der Waals surface area contributed by atoms with E-state index in [1.807, 2.05) is 59.1 Å². The van der Waals surface area contributed by atoms with E-state index in [4.69, 9.17) is 4.74 Å². The molecule has 3 fully saturated rings. The Kier molecular flexibility index (Phi) is 10.1. The van der Waals surface area contributed by atoms with Gasteiger partial charge < -0.3 is 24.8 Å². The molecule has 3 saturated heterocycles. The third kappa shape index (κ3) is 7.74. The van der Waals surface area contributed by atoms with Gasteiger partial charge in [0.05, 0.1) is 11.4 Å². The van der Waals surface area contributed by atoms with E-state index in [2.05, 4.69) is 28.7 Å². The molecule has 0 aliphatic carbocycles. The Hall–Kier alpha value is -3.25. The van der Waals surface area contributed by atoms with Gasteiger partial charge in [-0.25, -0.2) is 0 Å². The Morgan fingerprint density at radius 1 is 1.09 bits per heavy atom. The molecule has 3 aromatic rings. The molecule has 1 spiro atoms. The lowest BCUT2D eigenvalue weighted by molar-refractivity contribution is -0.138. The Morgan fingerprint density at radius 2 is 1.83 bits per heavy atom. The number of alkyl halides is 3. The molecule has 0 atom stereocenters. The molecule has 0 bridgehead atoms. The smallest absolute Gasteiger partial charge is 0.422 e. The van der Waals surface area contributed by atoms with Crippen LogP contribution in [0, 0.1) is 0 Å². The minimum Gasteiger partial charge on any atom is -0.457 e. The number of para-hydroxylation sites is 1. The monoisotopic (exact) mass is 681 g/mol. The zero-order valence-corrected chi connectivity index (χ0v) is 28.5. The van der Waals surface area contributed by atoms with Crippen molar-refractivity contribution in [2.24, 2.45) is 7.05 Å². The molecule has 0 amide bonds. The van der Waals surface area contributed by atoms with Gasteiger partial charge in [0.2, 0.25) is 0 Å². The van der Waals surface area contributed by atoms with Gasteiger partial charge in [0, 0.05) is 91.4 Å². The van der Waals surface area contributed by atoms with Crippen LogP contribution in [0.2, 0.25) is 0 Å². The summed E-state index contributed by atoms with van der Waals surface area (Å²) in [4.78, 5) is 5.33. The fourth-order valence-corrected chi connectivity index (χ4v) is 8.02. The van der Waals surface area contributed by atoms with Gasteiger partial charge in [0.15, 0.2) is 0 Å². The Labute approximate surface area is 284 Å². The molecule has 47 heavy (non-hydrogen) atoms. The van der Waals surface area contributed by atoms with Crippen LogP contribution >= 0.6 is 23.5 Å². The second-order valence-electron chi connectivity index (χ2n) is 12.6. The number of aromatic nitrogens is 1. The van der Waals surface area contributed by atoms with E-state index >= 15 is 13.2 Å². The van der Waals surface area contributed by atoms with Gasteiger partial charge in [-0.3, -0.25) is 4.90 Å². The fraction of sp³-hybridized carbons (Fsp3) is 0.389. The second kappa shape index (κ2) is 14.1. The number of rotatable bonds is 10. The molecule has 3 aliphatic heterocycles. The lowest BCUT2D eigenvalue weighted by Crippen LogP contribution is -2.65. The van der Waals surface area contributed by atoms with Crippen molar-refractivity contribution in [1.29, 1.82) is 0 Å². The van der Waals surface area contributed by atoms with E-state index in [0.717, 1.165) is 42.0 Å². The van der Waals surface area contributed by atoms with Crippen LogP contribution in [-0.2, 0) is 13.2 Å². The standard InChI is InChI=1S/C36H42F3N5OS2/c1-25(21-47-27(3)28-12-16-42(4)20-28)26(2)41-31-10-11-32(45-30-8-6-5-7-9-30)33(36(37,38)39)34(31)44-19-15-40-35(24-44)13-17-43(18-14-35)29-22-46-23-29/h5-12,16,20-21,29,40-41H,2-3,13-15,17-19,22-24H2,1,4H3/b25-21+. The Balaban J connectivity index is 1.31. The number of anilines is 2. The van der Waals surface area contributed by atoms with Crippen LogP contribution in [-0.4, -0.2) is 65.3 Å². The number of piperazine rings is 1. The molecule has 0 radical (unpaired) electrons. The van der Waals surface area contributed by atoms with Crippen molar-refractivity contribution < 1.29 is 17.9 Å². The summed E-state index contributed by atoms with van der Waals surface area (Å²) in [6.45, 7) is 13.7. The number of halogens is 3. The van der Waals surface area contributed by atoms with E-state index in [9.17, 15) is 0 Å². The molecular formula is C36H42F3N5OS2. The second-order valence-corrected chi connectivity index (χ2v) is 14.7. The highest BCUT2D eigenvalue weighted by Gasteiger charge is 2.45. The molecular weight excluding hydrogens is 640 g/mol. The number of thioether (sulfide) groups is 2. The molecule has 0 unspecified atom stereocenters. The van der Waals surface area contributed by atoms with Crippen molar-refractivity contribution in [3.8, 4) is 11.5 Å². The number of allylic oxidation sites excluding steroid dienone is 1. The summed E-state index contributed by atoms with van der Waals surface area (Å²) in [5.41, 5.74) is 1.73. The highest BCUT2D eigenvalue weighted by molar-refractivity contribution is 8.10. The van der Waals surface area contributed by atoms with Gasteiger partial charge in [-0.1, -0.05) is 43.1 Å². The average molecular weight is 682 g/mol. The van der Waals surface area contributed by atoms with Crippen LogP contribution in [0.4, 0.5) is 24.5 Å². The average Bonchev–Trinajstić information content (AvgIpc) is 3.47. The van der Waals surface area contributed by atoms with Crippen molar-refractivity contribution in [3.05, 3.63) is 102 Å². The maximum atomic E-state index is 15.2. The first-order valence-electron chi connectivity index (χ1n) is 15.9. The number of piperidine rings is 1. The van der Waals surface area contributed by atoms with Gasteiger partial charge in [-0.05, 0) is 61.1 Å². The molecule has 6 rings (SSSR count). The molecule has 1 aromatic heterocycles. The van der Waals surface area contributed by atoms with E-state index < -0.39 is 11.7 Å². The summed E-state index contributed by atoms with van der Waals surface area (Å²) >= 11 is 3.43. The number of ether oxygens (including phenoxy) is 1. The van der Waals surface area contributed by atoms with Crippen LogP contribution in [0.5, 0.6) is 11.5 Å². The molecule has 250 valence electrons. The van der Waals surface area contributed by atoms with Gasteiger partial charge in [0.1, 0.15) is 17.1 Å². The maximum absolute atomic E-state index is 15.2. The molecule has 6 nitrogen and oxygen atoms in total. The molecule has 0 saturated carbocycles. The van der Waals surface area contributed by atoms with Gasteiger partial charge in [-0.15, -0.1) is 0 Å². The quantitative estimate of drug-likeness (QED) is 0.208. The van der Waals surface area contributed by atoms with Crippen LogP contribution in [0.25, 0.3) is 4.91 Å². The summed E-state index contributed by atoms with van der Waals surface area (Å²) in [5.74, 6) is 2.46. The summed E-state index contributed by atoms with van der Waals surface area (Å²) in [6.07, 6.45) is 1.07. The molecule has 3 aliphatic rings. The third-order valence-electron chi connectivity index (χ3n) is 9.27. The first-order chi connectivity index (χ1) is 22.5. The maximum Gasteiger partial charge on any atom is 0.422 e. The number of likely N-dealkylation sites (tertiary alicyclic amines) is 1. The summed E-state index contributed by atoms with van der Waals surface area (Å²) in [7, 11) is 1.95. The number of benzene rings is 2. The first kappa shape index (κ1) is 33.6. The molecule has 2 aromatic carbocycles. The number of aryl methyl sites for hydroxylation is 1. The van der Waals surface area contributed by atoms with Crippen molar-refractivity contribution >= 4 is 39.8 Å². The fourth-order valence-electron chi connectivity index (χ4n) is 6.44. The SMILES string of the molecule is C=C(Nc1ccc(Oc2ccccc2)c(C(F)(F)F)c1N1CCNC2(CCN(C3CSC3)CC2)C1)/C(C)=C/SC(=C)c1ccn(C)c1. The highest BCUT2D eigenvalue weighted by atomic mass is 32.2. The van der Waals surface area contributed by atoms with Crippen molar-refractivity contribution in [2.45, 2.75) is 37.5 Å². The minimum absolute atomic E-state index is 0.0972. The lowest BCUT2D eigenvalue weighted by Gasteiger charge is -2.51. The van der Waals surface area contributed by atoms with E-state index in [-0.39, 0.29) is 17.0 Å². The number of hydrogen-bond donors (Lipinski definition) is 2. The Bertz CT molecular complexity index is 1620. The van der Waals surface area contributed by atoms with Crippen molar-refractivity contribution in [1.82, 2.24) is 14.8 Å². The Morgan fingerprint density at radius 3 is 2.47 bits per heavy atom. The van der Waals surface area contributed by atoms with E-state index in [0.29, 0.717) is 42.8 Å². The number of nitrogens with one attached hydrogen (secondary N) is 2. The molecule has 2 N–H and O–H groups in total. The predicted molar refractivity (Wildman–Crippen MR) is 191 cm³/mol. The topological polar surface area (TPSA) is 44.7 Å².